The number of nitrogens with zero attached hydrogens (tertiary/aromatic N) is 5. The van der Waals surface area contributed by atoms with Gasteiger partial charge in [-0.25, -0.2) is 9.97 Å². The third kappa shape index (κ3) is 3.87. The number of anilines is 2. The van der Waals surface area contributed by atoms with Crippen LogP contribution in [0.3, 0.4) is 0 Å². The van der Waals surface area contributed by atoms with Gasteiger partial charge in [0.1, 0.15) is 11.6 Å². The highest BCUT2D eigenvalue weighted by atomic mass is 32.3. The number of carbonyl (C=O) groups is 1. The van der Waals surface area contributed by atoms with Gasteiger partial charge in [-0.05, 0) is 36.6 Å². The Bertz CT molecular complexity index is 1270. The van der Waals surface area contributed by atoms with Crippen molar-refractivity contribution in [2.24, 2.45) is 0 Å². The van der Waals surface area contributed by atoms with Crippen LogP contribution < -0.4 is 9.64 Å². The summed E-state index contributed by atoms with van der Waals surface area (Å²) in [6.45, 7) is 2.34. The van der Waals surface area contributed by atoms with Gasteiger partial charge in [0.2, 0.25) is 0 Å². The van der Waals surface area contributed by atoms with Crippen molar-refractivity contribution in [3.8, 4) is 17.1 Å². The van der Waals surface area contributed by atoms with Gasteiger partial charge in [0.25, 0.3) is 5.91 Å². The van der Waals surface area contributed by atoms with Crippen molar-refractivity contribution < 1.29 is 18.6 Å². The molecule has 0 bridgehead atoms. The van der Waals surface area contributed by atoms with Gasteiger partial charge in [-0.3, -0.25) is 18.9 Å². The number of fused-ring (bicyclic) bond motifs is 2. The molecule has 2 N–H and O–H groups in total. The first-order valence-electron chi connectivity index (χ1n) is 11.3. The predicted molar refractivity (Wildman–Crippen MR) is 129 cm³/mol. The van der Waals surface area contributed by atoms with Gasteiger partial charge in [0.05, 0.1) is 17.2 Å². The van der Waals surface area contributed by atoms with E-state index in [2.05, 4.69) is 14.9 Å². The summed E-state index contributed by atoms with van der Waals surface area (Å²) in [6, 6.07) is 9.56. The number of aromatic nitrogens is 3. The van der Waals surface area contributed by atoms with Crippen molar-refractivity contribution in [2.75, 3.05) is 31.1 Å². The van der Waals surface area contributed by atoms with E-state index in [0.29, 0.717) is 29.6 Å². The van der Waals surface area contributed by atoms with Crippen LogP contribution in [0.4, 0.5) is 11.5 Å². The first kappa shape index (κ1) is 21.3. The van der Waals surface area contributed by atoms with Crippen molar-refractivity contribution in [3.05, 3.63) is 59.5 Å². The van der Waals surface area contributed by atoms with Gasteiger partial charge < -0.3 is 14.5 Å². The van der Waals surface area contributed by atoms with Gasteiger partial charge in [-0.1, -0.05) is 6.07 Å². The van der Waals surface area contributed by atoms with Gasteiger partial charge >= 0.3 is 0 Å². The molecule has 34 heavy (non-hydrogen) atoms. The lowest BCUT2D eigenvalue weighted by Crippen LogP contribution is -2.44. The fourth-order valence-corrected chi connectivity index (χ4v) is 6.15. The molecule has 0 saturated carbocycles. The summed E-state index contributed by atoms with van der Waals surface area (Å²) in [7, 11) is -2.77. The summed E-state index contributed by atoms with van der Waals surface area (Å²) in [6.07, 6.45) is 5.27. The van der Waals surface area contributed by atoms with Crippen LogP contribution in [0.15, 0.2) is 42.7 Å². The molecule has 0 atom stereocenters. The highest BCUT2D eigenvalue weighted by Gasteiger charge is 2.34. The molecule has 0 aliphatic carbocycles. The number of rotatable bonds is 5. The number of amides is 1. The standard InChI is InChI=1S/C24H25N5O4S/c30-22(28-9-1-10-28)13-33-18-3-2-16-6-11-29(21(16)12-18)24-19-14-34(31,32)15-20(19)26-23(27-24)17-4-7-25-8-5-17/h2-5,7-8,12,31-32H,1,6,9-11,13-15H2. The van der Waals surface area contributed by atoms with Crippen LogP contribution in [0.5, 0.6) is 5.75 Å². The Morgan fingerprint density at radius 3 is 2.65 bits per heavy atom. The average molecular weight is 480 g/mol. The van der Waals surface area contributed by atoms with Crippen molar-refractivity contribution in [1.82, 2.24) is 19.9 Å². The first-order valence-corrected chi connectivity index (χ1v) is 13.2. The quantitative estimate of drug-likeness (QED) is 0.571. The Hall–Kier alpha value is -3.21. The zero-order chi connectivity index (χ0) is 23.3. The lowest BCUT2D eigenvalue weighted by atomic mass is 10.1. The van der Waals surface area contributed by atoms with Gasteiger partial charge in [-0.15, -0.1) is 0 Å². The summed E-state index contributed by atoms with van der Waals surface area (Å²) in [5.74, 6) is 2.16. The van der Waals surface area contributed by atoms with Crippen molar-refractivity contribution in [1.29, 1.82) is 0 Å². The van der Waals surface area contributed by atoms with E-state index in [4.69, 9.17) is 9.72 Å². The smallest absolute Gasteiger partial charge is 0.260 e. The van der Waals surface area contributed by atoms with Crippen molar-refractivity contribution in [3.63, 3.8) is 0 Å². The lowest BCUT2D eigenvalue weighted by Gasteiger charge is -2.30. The zero-order valence-electron chi connectivity index (χ0n) is 18.6. The largest absolute Gasteiger partial charge is 0.484 e. The minimum Gasteiger partial charge on any atom is -0.484 e. The minimum absolute atomic E-state index is 0.00410. The van der Waals surface area contributed by atoms with E-state index < -0.39 is 10.6 Å². The normalized spacial score (nSPS) is 18.8. The van der Waals surface area contributed by atoms with Crippen molar-refractivity contribution >= 4 is 28.0 Å². The molecule has 3 aromatic rings. The van der Waals surface area contributed by atoms with E-state index in [1.165, 1.54) is 0 Å². The molecule has 9 nitrogen and oxygen atoms in total. The molecule has 3 aliphatic heterocycles. The second kappa shape index (κ2) is 8.23. The van der Waals surface area contributed by atoms with E-state index in [-0.39, 0.29) is 24.0 Å². The highest BCUT2D eigenvalue weighted by Crippen LogP contribution is 2.55. The Morgan fingerprint density at radius 2 is 1.88 bits per heavy atom. The van der Waals surface area contributed by atoms with Crippen molar-refractivity contribution in [2.45, 2.75) is 24.3 Å². The molecule has 2 aromatic heterocycles. The molecule has 6 rings (SSSR count). The molecule has 0 unspecified atom stereocenters. The molecule has 0 radical (unpaired) electrons. The molecule has 5 heterocycles. The summed E-state index contributed by atoms with van der Waals surface area (Å²) in [5, 5.41) is 0. The van der Waals surface area contributed by atoms with Gasteiger partial charge in [0.15, 0.2) is 12.4 Å². The number of likely N-dealkylation sites (tertiary alicyclic amines) is 1. The number of carbonyl (C=O) groups excluding carboxylic acids is 1. The Labute approximate surface area is 198 Å². The van der Waals surface area contributed by atoms with Crippen LogP contribution in [0.1, 0.15) is 23.2 Å². The molecular formula is C24H25N5O4S. The summed E-state index contributed by atoms with van der Waals surface area (Å²) >= 11 is 0. The third-order valence-corrected chi connectivity index (χ3v) is 8.02. The van der Waals surface area contributed by atoms with E-state index in [1.54, 1.807) is 17.3 Å². The van der Waals surface area contributed by atoms with Crippen LogP contribution in [-0.2, 0) is 22.7 Å². The third-order valence-electron chi connectivity index (χ3n) is 6.53. The second-order valence-corrected chi connectivity index (χ2v) is 11.0. The van der Waals surface area contributed by atoms with Crippen LogP contribution in [0.2, 0.25) is 0 Å². The van der Waals surface area contributed by atoms with E-state index in [1.807, 2.05) is 30.3 Å². The van der Waals surface area contributed by atoms with Gasteiger partial charge in [0, 0.05) is 54.9 Å². The summed E-state index contributed by atoms with van der Waals surface area (Å²) in [5.41, 5.74) is 4.40. The second-order valence-electron chi connectivity index (χ2n) is 8.84. The van der Waals surface area contributed by atoms with E-state index in [9.17, 15) is 13.9 Å². The number of pyridine rings is 1. The van der Waals surface area contributed by atoms with E-state index >= 15 is 0 Å². The fraction of sp³-hybridized carbons (Fsp3) is 0.333. The number of hydrogen-bond acceptors (Lipinski definition) is 8. The zero-order valence-corrected chi connectivity index (χ0v) is 19.4. The summed E-state index contributed by atoms with van der Waals surface area (Å²) < 4.78 is 26.7. The van der Waals surface area contributed by atoms with Crippen LogP contribution >= 0.6 is 10.6 Å². The molecule has 1 amide bonds. The molecular weight excluding hydrogens is 454 g/mol. The van der Waals surface area contributed by atoms with Crippen LogP contribution in [0.25, 0.3) is 11.4 Å². The van der Waals surface area contributed by atoms with Crippen LogP contribution in [0, 0.1) is 0 Å². The maximum Gasteiger partial charge on any atom is 0.260 e. The lowest BCUT2D eigenvalue weighted by molar-refractivity contribution is -0.136. The summed E-state index contributed by atoms with van der Waals surface area (Å²) in [4.78, 5) is 29.7. The Balaban J connectivity index is 1.35. The molecule has 3 aliphatic rings. The molecule has 1 fully saturated rings. The predicted octanol–water partition coefficient (Wildman–Crippen LogP) is 3.61. The molecule has 1 saturated heterocycles. The highest BCUT2D eigenvalue weighted by molar-refractivity contribution is 8.23. The number of benzene rings is 1. The Morgan fingerprint density at radius 1 is 1.06 bits per heavy atom. The first-order chi connectivity index (χ1) is 16.5. The van der Waals surface area contributed by atoms with Gasteiger partial charge in [-0.2, -0.15) is 10.6 Å². The average Bonchev–Trinajstić information content (AvgIpc) is 3.35. The monoisotopic (exact) mass is 479 g/mol. The topological polar surface area (TPSA) is 112 Å². The number of hydrogen-bond donors (Lipinski definition) is 2. The maximum atomic E-state index is 12.2. The molecule has 1 aromatic carbocycles. The maximum absolute atomic E-state index is 12.2. The fourth-order valence-electron chi connectivity index (χ4n) is 4.61. The molecule has 176 valence electrons. The Kier molecular flexibility index (Phi) is 5.16. The van der Waals surface area contributed by atoms with E-state index in [0.717, 1.165) is 48.3 Å². The molecule has 0 spiro atoms. The molecule has 10 heteroatoms. The number of ether oxygens (including phenoxy) is 1. The van der Waals surface area contributed by atoms with Crippen LogP contribution in [-0.4, -0.2) is 61.1 Å². The SMILES string of the molecule is O=C(COc1ccc2c(c1)N(c1nc(-c3ccncc3)nc3c1CS(O)(O)C3)CC2)N1CCC1. The minimum atomic E-state index is -2.77.